The molecule has 0 aromatic rings. The van der Waals surface area contributed by atoms with E-state index in [2.05, 4.69) is 20.1 Å². The van der Waals surface area contributed by atoms with Gasteiger partial charge in [-0.3, -0.25) is 0 Å². The Balaban J connectivity index is 1.80. The zero-order chi connectivity index (χ0) is 37.9. The third-order valence-electron chi connectivity index (χ3n) is 8.40. The van der Waals surface area contributed by atoms with Crippen molar-refractivity contribution >= 4 is 0 Å². The van der Waals surface area contributed by atoms with Gasteiger partial charge in [0.05, 0.1) is 116 Å². The minimum absolute atomic E-state index is 0.0257. The zero-order valence-electron chi connectivity index (χ0n) is 29.1. The molecule has 1 saturated carbocycles. The maximum Gasteiger partial charge on any atom is 0.187 e. The Hall–Kier alpha value is -2.06. The first kappa shape index (κ1) is 44.3. The number of azide groups is 2. The van der Waals surface area contributed by atoms with Crippen LogP contribution in [0.25, 0.3) is 20.9 Å². The number of aliphatic hydroxyl groups excluding tert-OH is 5. The molecule has 0 radical (unpaired) electrons. The Morgan fingerprint density at radius 1 is 0.615 bits per heavy atom. The van der Waals surface area contributed by atoms with Crippen LogP contribution < -0.4 is 11.5 Å². The normalized spacial score (nSPS) is 40.5. The summed E-state index contributed by atoms with van der Waals surface area (Å²) in [5.74, 6) is 0. The van der Waals surface area contributed by atoms with E-state index in [9.17, 15) is 36.6 Å². The van der Waals surface area contributed by atoms with Gasteiger partial charge in [0, 0.05) is 16.4 Å². The van der Waals surface area contributed by atoms with E-state index in [1.807, 2.05) is 0 Å². The molecule has 300 valence electrons. The lowest BCUT2D eigenvalue weighted by atomic mass is 9.84. The Kier molecular flexibility index (Phi) is 20.8. The first-order valence-corrected chi connectivity index (χ1v) is 17.2. The molecule has 5 unspecified atom stereocenters. The third kappa shape index (κ3) is 14.0. The molecule has 0 aromatic carbocycles. The van der Waals surface area contributed by atoms with Gasteiger partial charge in [0.2, 0.25) is 0 Å². The summed E-state index contributed by atoms with van der Waals surface area (Å²) in [4.78, 5) is 5.65. The zero-order valence-corrected chi connectivity index (χ0v) is 29.1. The fourth-order valence-electron chi connectivity index (χ4n) is 5.62. The van der Waals surface area contributed by atoms with Crippen LogP contribution in [0, 0.1) is 0 Å². The minimum atomic E-state index is -1.80. The number of nitrogens with two attached hydrogens (primary N) is 2. The van der Waals surface area contributed by atoms with E-state index in [0.29, 0.717) is 39.6 Å². The number of ether oxygens (including phenoxy) is 10. The fraction of sp³-hybridized carbons (Fsp3) is 1.00. The van der Waals surface area contributed by atoms with Crippen molar-refractivity contribution in [1.29, 1.82) is 0 Å². The minimum Gasteiger partial charge on any atom is -0.388 e. The predicted molar refractivity (Wildman–Crippen MR) is 175 cm³/mol. The van der Waals surface area contributed by atoms with Crippen LogP contribution in [0.3, 0.4) is 0 Å². The first-order chi connectivity index (χ1) is 25.1. The molecule has 2 saturated heterocycles. The van der Waals surface area contributed by atoms with Crippen molar-refractivity contribution in [3.8, 4) is 0 Å². The summed E-state index contributed by atoms with van der Waals surface area (Å²) in [6.45, 7) is 4.33. The van der Waals surface area contributed by atoms with Gasteiger partial charge < -0.3 is 84.4 Å². The van der Waals surface area contributed by atoms with Crippen molar-refractivity contribution in [3.63, 3.8) is 0 Å². The largest absolute Gasteiger partial charge is 0.388 e. The molecule has 2 aliphatic heterocycles. The molecule has 1 aliphatic carbocycles. The molecule has 23 heteroatoms. The van der Waals surface area contributed by atoms with Crippen molar-refractivity contribution in [2.24, 2.45) is 21.7 Å². The summed E-state index contributed by atoms with van der Waals surface area (Å²) in [6, 6.07) is -3.50. The van der Waals surface area contributed by atoms with Gasteiger partial charge >= 0.3 is 0 Å². The van der Waals surface area contributed by atoms with Gasteiger partial charge in [-0.25, -0.2) is 0 Å². The molecular weight excluding hydrogens is 700 g/mol. The SMILES string of the molecule is C[C@H]1COCCOCCOCCOCCOCCOC[C@@H](N)[C@@H](O)C(O[C@H]2C(O)[C@H](O[C@H]3OC(CN)[C@@H](O)[C@H](O)C3O)C(N=[N+]=[N-])C[C@H]2N=[N+]=[N-])O1. The van der Waals surface area contributed by atoms with Crippen LogP contribution in [0.5, 0.6) is 0 Å². The molecule has 14 atom stereocenters. The number of hydrogen-bond acceptors (Lipinski definition) is 19. The second-order valence-corrected chi connectivity index (χ2v) is 12.3. The molecule has 0 aromatic heterocycles. The van der Waals surface area contributed by atoms with Gasteiger partial charge in [-0.05, 0) is 24.4 Å². The van der Waals surface area contributed by atoms with E-state index in [1.165, 1.54) is 0 Å². The standard InChI is InChI=1S/C29H54N8O15/c1-16-14-47-10-8-45-6-4-43-2-3-44-5-7-46-9-11-48-15-17(31)21(38)28(49-16)51-26-18(34-36-32)12-19(35-37-33)27(25(26)42)52-29-24(41)23(40)22(39)20(13-30)50-29/h16-29,38-42H,2-15,30-31H2,1H3/t16-,17+,18+,19?,20?,21+,22+,23-,24?,25?,26+,27+,28?,29+/m0/s1. The van der Waals surface area contributed by atoms with Gasteiger partial charge in [0.15, 0.2) is 12.6 Å². The topological polar surface area (TPSA) is 343 Å². The summed E-state index contributed by atoms with van der Waals surface area (Å²) in [7, 11) is 0. The van der Waals surface area contributed by atoms with Crippen molar-refractivity contribution < 1.29 is 72.9 Å². The third-order valence-corrected chi connectivity index (χ3v) is 8.40. The summed E-state index contributed by atoms with van der Waals surface area (Å²) in [6.07, 6.45) is -16.8. The number of rotatable bonds is 7. The van der Waals surface area contributed by atoms with Crippen molar-refractivity contribution in [3.05, 3.63) is 20.9 Å². The van der Waals surface area contributed by atoms with E-state index in [-0.39, 0.29) is 52.6 Å². The van der Waals surface area contributed by atoms with Gasteiger partial charge in [0.1, 0.15) is 36.6 Å². The highest BCUT2D eigenvalue weighted by atomic mass is 16.7. The molecule has 3 fully saturated rings. The van der Waals surface area contributed by atoms with Crippen LogP contribution >= 0.6 is 0 Å². The van der Waals surface area contributed by atoms with Crippen molar-refractivity contribution in [1.82, 2.24) is 0 Å². The quantitative estimate of drug-likeness (QED) is 0.0782. The predicted octanol–water partition coefficient (Wildman–Crippen LogP) is -2.82. The van der Waals surface area contributed by atoms with Crippen LogP contribution in [0.1, 0.15) is 13.3 Å². The molecule has 0 spiro atoms. The Bertz CT molecular complexity index is 1090. The number of aliphatic hydroxyl groups is 5. The van der Waals surface area contributed by atoms with Crippen molar-refractivity contribution in [2.75, 3.05) is 85.8 Å². The number of hydrogen-bond donors (Lipinski definition) is 7. The van der Waals surface area contributed by atoms with Crippen LogP contribution in [0.4, 0.5) is 0 Å². The van der Waals surface area contributed by atoms with E-state index in [4.69, 9.17) is 58.8 Å². The Morgan fingerprint density at radius 3 is 1.52 bits per heavy atom. The van der Waals surface area contributed by atoms with Gasteiger partial charge in [-0.2, -0.15) is 0 Å². The average molecular weight is 755 g/mol. The van der Waals surface area contributed by atoms with Gasteiger partial charge in [0.25, 0.3) is 0 Å². The van der Waals surface area contributed by atoms with Crippen molar-refractivity contribution in [2.45, 2.75) is 99.0 Å². The fourth-order valence-corrected chi connectivity index (χ4v) is 5.62. The number of nitrogens with zero attached hydrogens (tertiary/aromatic N) is 6. The van der Waals surface area contributed by atoms with E-state index < -0.39 is 85.6 Å². The molecule has 23 nitrogen and oxygen atoms in total. The van der Waals surface area contributed by atoms with Gasteiger partial charge in [-0.15, -0.1) is 0 Å². The maximum atomic E-state index is 11.7. The van der Waals surface area contributed by atoms with E-state index in [0.717, 1.165) is 0 Å². The molecular formula is C29H54N8O15. The highest BCUT2D eigenvalue weighted by Crippen LogP contribution is 2.34. The van der Waals surface area contributed by atoms with Crippen LogP contribution in [-0.2, 0) is 47.4 Å². The highest BCUT2D eigenvalue weighted by Gasteiger charge is 2.51. The monoisotopic (exact) mass is 754 g/mol. The summed E-state index contributed by atoms with van der Waals surface area (Å²) in [5.41, 5.74) is 30.6. The molecule has 9 N–H and O–H groups in total. The summed E-state index contributed by atoms with van der Waals surface area (Å²) >= 11 is 0. The van der Waals surface area contributed by atoms with Gasteiger partial charge in [-0.1, -0.05) is 10.2 Å². The molecule has 3 rings (SSSR count). The van der Waals surface area contributed by atoms with Crippen LogP contribution in [0.15, 0.2) is 10.2 Å². The first-order valence-electron chi connectivity index (χ1n) is 17.2. The van der Waals surface area contributed by atoms with Crippen LogP contribution in [-0.4, -0.2) is 197 Å². The lowest BCUT2D eigenvalue weighted by Gasteiger charge is -2.46. The Labute approximate surface area is 300 Å². The second kappa shape index (κ2) is 24.4. The molecule has 0 amide bonds. The summed E-state index contributed by atoms with van der Waals surface area (Å²) in [5, 5.41) is 61.7. The summed E-state index contributed by atoms with van der Waals surface area (Å²) < 4.78 is 56.7. The lowest BCUT2D eigenvalue weighted by molar-refractivity contribution is -0.325. The molecule has 2 heterocycles. The average Bonchev–Trinajstić information content (AvgIpc) is 3.13. The second-order valence-electron chi connectivity index (χ2n) is 12.3. The molecule has 3 aliphatic rings. The Morgan fingerprint density at radius 2 is 1.06 bits per heavy atom. The molecule has 52 heavy (non-hydrogen) atoms. The van der Waals surface area contributed by atoms with Crippen LogP contribution in [0.2, 0.25) is 0 Å². The smallest absolute Gasteiger partial charge is 0.187 e. The van der Waals surface area contributed by atoms with E-state index in [1.54, 1.807) is 6.92 Å². The highest BCUT2D eigenvalue weighted by molar-refractivity contribution is 5.03. The maximum absolute atomic E-state index is 11.7. The van der Waals surface area contributed by atoms with E-state index >= 15 is 0 Å². The lowest BCUT2D eigenvalue weighted by Crippen LogP contribution is -2.64. The molecule has 0 bridgehead atoms.